The average Bonchev–Trinajstić information content (AvgIpc) is 2.52. The Kier molecular flexibility index (Phi) is 3.23. The summed E-state index contributed by atoms with van der Waals surface area (Å²) in [6, 6.07) is 0. The van der Waals surface area contributed by atoms with E-state index in [9.17, 15) is 0 Å². The molecule has 1 aliphatic heterocycles. The molecule has 1 rings (SSSR count). The standard InChI is InChI=1S/C8H16N2O/c1-7(9-2)10-5-8-3-4-11-6-8/h8-10H,1,3-6H2,2H3. The minimum absolute atomic E-state index is 0.667. The molecular formula is C8H16N2O. The fourth-order valence-corrected chi connectivity index (χ4v) is 1.10. The highest BCUT2D eigenvalue weighted by Crippen LogP contribution is 2.10. The Labute approximate surface area is 67.8 Å². The van der Waals surface area contributed by atoms with Crippen LogP contribution >= 0.6 is 0 Å². The van der Waals surface area contributed by atoms with E-state index in [4.69, 9.17) is 4.74 Å². The first-order valence-corrected chi connectivity index (χ1v) is 4.01. The molecule has 1 saturated heterocycles. The number of rotatable bonds is 4. The third-order valence-corrected chi connectivity index (χ3v) is 1.93. The second-order valence-corrected chi connectivity index (χ2v) is 2.84. The van der Waals surface area contributed by atoms with Crippen LogP contribution in [0.3, 0.4) is 0 Å². The zero-order valence-corrected chi connectivity index (χ0v) is 7.02. The van der Waals surface area contributed by atoms with Gasteiger partial charge in [0.25, 0.3) is 0 Å². The Hall–Kier alpha value is -0.700. The molecule has 0 aromatic carbocycles. The molecule has 1 unspecified atom stereocenters. The molecule has 0 radical (unpaired) electrons. The van der Waals surface area contributed by atoms with Gasteiger partial charge in [-0.15, -0.1) is 0 Å². The van der Waals surface area contributed by atoms with Crippen molar-refractivity contribution < 1.29 is 4.74 Å². The topological polar surface area (TPSA) is 33.3 Å². The van der Waals surface area contributed by atoms with Gasteiger partial charge in [0.2, 0.25) is 0 Å². The fourth-order valence-electron chi connectivity index (χ4n) is 1.10. The minimum atomic E-state index is 0.667. The molecule has 1 atom stereocenters. The summed E-state index contributed by atoms with van der Waals surface area (Å²) in [5, 5.41) is 6.13. The van der Waals surface area contributed by atoms with Crippen LogP contribution in [0.15, 0.2) is 12.4 Å². The van der Waals surface area contributed by atoms with Crippen LogP contribution in [0, 0.1) is 5.92 Å². The molecule has 0 bridgehead atoms. The summed E-state index contributed by atoms with van der Waals surface area (Å²) in [4.78, 5) is 0. The van der Waals surface area contributed by atoms with Crippen molar-refractivity contribution >= 4 is 0 Å². The molecule has 0 aromatic heterocycles. The van der Waals surface area contributed by atoms with Gasteiger partial charge < -0.3 is 15.4 Å². The number of nitrogens with one attached hydrogen (secondary N) is 2. The summed E-state index contributed by atoms with van der Waals surface area (Å²) < 4.78 is 5.23. The van der Waals surface area contributed by atoms with E-state index >= 15 is 0 Å². The van der Waals surface area contributed by atoms with E-state index in [0.29, 0.717) is 5.92 Å². The van der Waals surface area contributed by atoms with E-state index in [1.807, 2.05) is 7.05 Å². The summed E-state index contributed by atoms with van der Waals surface area (Å²) in [7, 11) is 1.86. The summed E-state index contributed by atoms with van der Waals surface area (Å²) in [5.74, 6) is 1.55. The zero-order valence-electron chi connectivity index (χ0n) is 7.02. The number of hydrogen-bond donors (Lipinski definition) is 2. The van der Waals surface area contributed by atoms with Crippen LogP contribution in [-0.2, 0) is 4.74 Å². The second kappa shape index (κ2) is 4.23. The summed E-state index contributed by atoms with van der Waals surface area (Å²) in [6.07, 6.45) is 1.17. The van der Waals surface area contributed by atoms with Crippen molar-refractivity contribution in [3.63, 3.8) is 0 Å². The second-order valence-electron chi connectivity index (χ2n) is 2.84. The Morgan fingerprint density at radius 1 is 1.73 bits per heavy atom. The van der Waals surface area contributed by atoms with Crippen LogP contribution in [0.4, 0.5) is 0 Å². The largest absolute Gasteiger partial charge is 0.381 e. The molecule has 3 heteroatoms. The molecule has 0 saturated carbocycles. The van der Waals surface area contributed by atoms with Crippen molar-refractivity contribution in [3.05, 3.63) is 12.4 Å². The molecule has 0 spiro atoms. The monoisotopic (exact) mass is 156 g/mol. The van der Waals surface area contributed by atoms with Gasteiger partial charge in [0.15, 0.2) is 0 Å². The molecule has 2 N–H and O–H groups in total. The summed E-state index contributed by atoms with van der Waals surface area (Å²) in [6.45, 7) is 6.55. The van der Waals surface area contributed by atoms with Crippen LogP contribution in [0.25, 0.3) is 0 Å². The van der Waals surface area contributed by atoms with Gasteiger partial charge >= 0.3 is 0 Å². The fraction of sp³-hybridized carbons (Fsp3) is 0.750. The van der Waals surface area contributed by atoms with Gasteiger partial charge in [-0.25, -0.2) is 0 Å². The summed E-state index contributed by atoms with van der Waals surface area (Å²) >= 11 is 0. The van der Waals surface area contributed by atoms with Crippen LogP contribution in [-0.4, -0.2) is 26.8 Å². The van der Waals surface area contributed by atoms with Gasteiger partial charge in [0.1, 0.15) is 0 Å². The van der Waals surface area contributed by atoms with Gasteiger partial charge in [-0.2, -0.15) is 0 Å². The minimum Gasteiger partial charge on any atom is -0.381 e. The quantitative estimate of drug-likeness (QED) is 0.614. The van der Waals surface area contributed by atoms with Gasteiger partial charge in [-0.1, -0.05) is 6.58 Å². The third-order valence-electron chi connectivity index (χ3n) is 1.93. The van der Waals surface area contributed by atoms with E-state index < -0.39 is 0 Å². The Bertz CT molecular complexity index is 130. The van der Waals surface area contributed by atoms with Crippen LogP contribution in [0.2, 0.25) is 0 Å². The van der Waals surface area contributed by atoms with E-state index in [0.717, 1.165) is 25.6 Å². The molecule has 64 valence electrons. The van der Waals surface area contributed by atoms with Gasteiger partial charge in [0, 0.05) is 26.1 Å². The molecule has 0 amide bonds. The first-order valence-electron chi connectivity index (χ1n) is 4.01. The molecule has 0 aliphatic carbocycles. The highest BCUT2D eigenvalue weighted by Gasteiger charge is 2.14. The van der Waals surface area contributed by atoms with Gasteiger partial charge in [-0.3, -0.25) is 0 Å². The van der Waals surface area contributed by atoms with Gasteiger partial charge in [0.05, 0.1) is 12.4 Å². The Morgan fingerprint density at radius 2 is 2.55 bits per heavy atom. The molecule has 1 heterocycles. The predicted molar refractivity (Wildman–Crippen MR) is 45.1 cm³/mol. The maximum atomic E-state index is 5.23. The molecule has 1 aliphatic rings. The lowest BCUT2D eigenvalue weighted by molar-refractivity contribution is 0.185. The highest BCUT2D eigenvalue weighted by molar-refractivity contribution is 4.86. The molecule has 1 fully saturated rings. The van der Waals surface area contributed by atoms with Gasteiger partial charge in [-0.05, 0) is 6.42 Å². The van der Waals surface area contributed by atoms with Crippen LogP contribution in [0.1, 0.15) is 6.42 Å². The van der Waals surface area contributed by atoms with Crippen molar-refractivity contribution in [2.24, 2.45) is 5.92 Å². The van der Waals surface area contributed by atoms with Crippen molar-refractivity contribution in [2.45, 2.75) is 6.42 Å². The maximum absolute atomic E-state index is 5.23. The lowest BCUT2D eigenvalue weighted by atomic mass is 10.1. The lowest BCUT2D eigenvalue weighted by Gasteiger charge is -2.11. The van der Waals surface area contributed by atoms with Crippen LogP contribution in [0.5, 0.6) is 0 Å². The van der Waals surface area contributed by atoms with Crippen molar-refractivity contribution in [3.8, 4) is 0 Å². The van der Waals surface area contributed by atoms with Crippen molar-refractivity contribution in [1.82, 2.24) is 10.6 Å². The molecule has 3 nitrogen and oxygen atoms in total. The predicted octanol–water partition coefficient (Wildman–Crippen LogP) is 0.303. The maximum Gasteiger partial charge on any atom is 0.0909 e. The zero-order chi connectivity index (χ0) is 8.10. The van der Waals surface area contributed by atoms with E-state index in [1.54, 1.807) is 0 Å². The number of ether oxygens (including phenoxy) is 1. The number of hydrogen-bond acceptors (Lipinski definition) is 3. The Balaban J connectivity index is 2.06. The summed E-state index contributed by atoms with van der Waals surface area (Å²) in [5.41, 5.74) is 0. The van der Waals surface area contributed by atoms with Crippen LogP contribution < -0.4 is 10.6 Å². The first kappa shape index (κ1) is 8.40. The molecular weight excluding hydrogens is 140 g/mol. The Morgan fingerprint density at radius 3 is 3.09 bits per heavy atom. The smallest absolute Gasteiger partial charge is 0.0909 e. The lowest BCUT2D eigenvalue weighted by Crippen LogP contribution is -2.27. The van der Waals surface area contributed by atoms with Crippen molar-refractivity contribution in [1.29, 1.82) is 0 Å². The molecule has 11 heavy (non-hydrogen) atoms. The van der Waals surface area contributed by atoms with E-state index in [-0.39, 0.29) is 0 Å². The van der Waals surface area contributed by atoms with Crippen molar-refractivity contribution in [2.75, 3.05) is 26.8 Å². The normalized spacial score (nSPS) is 23.2. The SMILES string of the molecule is C=C(NC)NCC1CCOC1. The first-order chi connectivity index (χ1) is 5.33. The third kappa shape index (κ3) is 2.80. The van der Waals surface area contributed by atoms with E-state index in [1.165, 1.54) is 6.42 Å². The highest BCUT2D eigenvalue weighted by atomic mass is 16.5. The average molecular weight is 156 g/mol. The van der Waals surface area contributed by atoms with E-state index in [2.05, 4.69) is 17.2 Å². The molecule has 0 aromatic rings.